The van der Waals surface area contributed by atoms with E-state index in [0.29, 0.717) is 10.4 Å². The molecule has 0 atom stereocenters. The van der Waals surface area contributed by atoms with E-state index in [9.17, 15) is 4.79 Å². The number of nitrogens with one attached hydrogen (secondary N) is 1. The first-order chi connectivity index (χ1) is 17.7. The molecule has 0 aliphatic heterocycles. The number of pyridine rings is 1. The quantitative estimate of drug-likeness (QED) is 0.344. The fourth-order valence-corrected chi connectivity index (χ4v) is 5.02. The summed E-state index contributed by atoms with van der Waals surface area (Å²) in [6, 6.07) is 28.3. The standard InChI is InChI=1S/C28H22N6OS/c1-19-11-13-23(14-12-19)34-25(20-7-3-2-4-8-20)18-36-28(34)32-31-26(35)17-33-27-22(16-29-33)15-21-9-5-6-10-24(21)30-27/h2-16,18H,17H2,1H3,(H,31,35)/b32-28-. The number of nitrogens with zero attached hydrogens (tertiary/aromatic N) is 5. The minimum absolute atomic E-state index is 0.0137. The zero-order valence-corrected chi connectivity index (χ0v) is 20.3. The average molecular weight is 491 g/mol. The molecule has 7 nitrogen and oxygen atoms in total. The van der Waals surface area contributed by atoms with Crippen molar-refractivity contribution in [3.8, 4) is 16.9 Å². The van der Waals surface area contributed by atoms with Crippen molar-refractivity contribution >= 4 is 39.2 Å². The number of aryl methyl sites for hydroxylation is 1. The first-order valence-electron chi connectivity index (χ1n) is 11.5. The summed E-state index contributed by atoms with van der Waals surface area (Å²) < 4.78 is 3.65. The van der Waals surface area contributed by atoms with Crippen LogP contribution in [0.3, 0.4) is 0 Å². The Labute approximate surface area is 211 Å². The lowest BCUT2D eigenvalue weighted by molar-refractivity contribution is -0.121. The Balaban J connectivity index is 1.32. The number of rotatable bonds is 5. The third-order valence-electron chi connectivity index (χ3n) is 5.95. The van der Waals surface area contributed by atoms with Crippen LogP contribution in [0.1, 0.15) is 5.56 Å². The van der Waals surface area contributed by atoms with Crippen LogP contribution in [0.15, 0.2) is 102 Å². The zero-order valence-electron chi connectivity index (χ0n) is 19.5. The molecule has 1 amide bonds. The maximum atomic E-state index is 12.9. The zero-order chi connectivity index (χ0) is 24.5. The SMILES string of the molecule is Cc1ccc(-n2c(-c3ccccc3)cs/c2=N\NC(=O)Cn2ncc3cc4ccccc4nc32)cc1. The topological polar surface area (TPSA) is 77.1 Å². The third kappa shape index (κ3) is 4.18. The maximum absolute atomic E-state index is 12.9. The molecular weight excluding hydrogens is 468 g/mol. The number of aromatic nitrogens is 4. The molecule has 0 aliphatic rings. The first kappa shape index (κ1) is 21.9. The highest BCUT2D eigenvalue weighted by Gasteiger charge is 2.12. The maximum Gasteiger partial charge on any atom is 0.261 e. The number of thiazole rings is 1. The molecule has 3 aromatic carbocycles. The van der Waals surface area contributed by atoms with E-state index in [-0.39, 0.29) is 12.5 Å². The molecular formula is C28H22N6OS. The van der Waals surface area contributed by atoms with Crippen molar-refractivity contribution < 1.29 is 4.79 Å². The second-order valence-corrected chi connectivity index (χ2v) is 9.32. The van der Waals surface area contributed by atoms with Gasteiger partial charge in [0, 0.05) is 21.8 Å². The van der Waals surface area contributed by atoms with Crippen molar-refractivity contribution in [1.29, 1.82) is 0 Å². The molecule has 3 heterocycles. The molecule has 0 aliphatic carbocycles. The van der Waals surface area contributed by atoms with Crippen LogP contribution in [0.2, 0.25) is 0 Å². The van der Waals surface area contributed by atoms with Gasteiger partial charge in [-0.1, -0.05) is 66.2 Å². The largest absolute Gasteiger partial charge is 0.284 e. The first-order valence-corrected chi connectivity index (χ1v) is 12.4. The summed E-state index contributed by atoms with van der Waals surface area (Å²) in [6.45, 7) is 2.07. The highest BCUT2D eigenvalue weighted by molar-refractivity contribution is 7.07. The highest BCUT2D eigenvalue weighted by atomic mass is 32.1. The van der Waals surface area contributed by atoms with Gasteiger partial charge in [-0.15, -0.1) is 16.4 Å². The van der Waals surface area contributed by atoms with Gasteiger partial charge in [-0.05, 0) is 36.8 Å². The van der Waals surface area contributed by atoms with Gasteiger partial charge in [-0.25, -0.2) is 15.1 Å². The van der Waals surface area contributed by atoms with Gasteiger partial charge in [0.25, 0.3) is 5.91 Å². The molecule has 0 saturated heterocycles. The Morgan fingerprint density at radius 2 is 1.75 bits per heavy atom. The van der Waals surface area contributed by atoms with Crippen LogP contribution in [-0.2, 0) is 11.3 Å². The van der Waals surface area contributed by atoms with Crippen molar-refractivity contribution in [2.24, 2.45) is 5.10 Å². The van der Waals surface area contributed by atoms with Gasteiger partial charge in [-0.2, -0.15) is 5.10 Å². The summed E-state index contributed by atoms with van der Waals surface area (Å²) in [5, 5.41) is 12.8. The van der Waals surface area contributed by atoms with Gasteiger partial charge < -0.3 is 0 Å². The van der Waals surface area contributed by atoms with E-state index in [1.165, 1.54) is 16.9 Å². The molecule has 36 heavy (non-hydrogen) atoms. The number of amides is 1. The van der Waals surface area contributed by atoms with Crippen LogP contribution in [0, 0.1) is 6.92 Å². The van der Waals surface area contributed by atoms with E-state index < -0.39 is 0 Å². The number of benzene rings is 3. The molecule has 0 saturated carbocycles. The Hall–Kier alpha value is -4.56. The normalized spacial score (nSPS) is 11.9. The fourth-order valence-electron chi connectivity index (χ4n) is 4.15. The van der Waals surface area contributed by atoms with Crippen LogP contribution in [0.4, 0.5) is 0 Å². The Bertz CT molecular complexity index is 1760. The number of para-hydroxylation sites is 1. The van der Waals surface area contributed by atoms with Gasteiger partial charge in [0.05, 0.1) is 17.4 Å². The summed E-state index contributed by atoms with van der Waals surface area (Å²) in [4.78, 5) is 18.2. The molecule has 6 aromatic rings. The van der Waals surface area contributed by atoms with Crippen molar-refractivity contribution in [3.05, 3.63) is 107 Å². The Kier molecular flexibility index (Phi) is 5.63. The fraction of sp³-hybridized carbons (Fsp3) is 0.0714. The van der Waals surface area contributed by atoms with Crippen LogP contribution in [0.25, 0.3) is 38.9 Å². The molecule has 0 unspecified atom stereocenters. The van der Waals surface area contributed by atoms with E-state index in [1.807, 2.05) is 48.5 Å². The summed E-state index contributed by atoms with van der Waals surface area (Å²) in [6.07, 6.45) is 1.73. The van der Waals surface area contributed by atoms with E-state index in [1.54, 1.807) is 10.9 Å². The molecule has 0 spiro atoms. The monoisotopic (exact) mass is 490 g/mol. The Morgan fingerprint density at radius 1 is 0.972 bits per heavy atom. The minimum Gasteiger partial charge on any atom is -0.284 e. The lowest BCUT2D eigenvalue weighted by atomic mass is 10.1. The predicted molar refractivity (Wildman–Crippen MR) is 143 cm³/mol. The van der Waals surface area contributed by atoms with Crippen molar-refractivity contribution in [2.45, 2.75) is 13.5 Å². The Morgan fingerprint density at radius 3 is 2.58 bits per heavy atom. The molecule has 1 N–H and O–H groups in total. The highest BCUT2D eigenvalue weighted by Crippen LogP contribution is 2.23. The smallest absolute Gasteiger partial charge is 0.261 e. The second-order valence-electron chi connectivity index (χ2n) is 8.48. The van der Waals surface area contributed by atoms with E-state index >= 15 is 0 Å². The van der Waals surface area contributed by atoms with E-state index in [0.717, 1.165) is 33.2 Å². The van der Waals surface area contributed by atoms with Crippen LogP contribution >= 0.6 is 11.3 Å². The predicted octanol–water partition coefficient (Wildman–Crippen LogP) is 5.04. The number of hydrogen-bond acceptors (Lipinski definition) is 5. The van der Waals surface area contributed by atoms with Crippen LogP contribution in [0.5, 0.6) is 0 Å². The number of carbonyl (C=O) groups is 1. The summed E-state index contributed by atoms with van der Waals surface area (Å²) >= 11 is 1.47. The summed E-state index contributed by atoms with van der Waals surface area (Å²) in [5.41, 5.74) is 8.47. The molecule has 0 radical (unpaired) electrons. The van der Waals surface area contributed by atoms with Crippen LogP contribution in [-0.4, -0.2) is 25.2 Å². The van der Waals surface area contributed by atoms with E-state index in [2.05, 4.69) is 68.9 Å². The number of hydrogen-bond donors (Lipinski definition) is 1. The molecule has 8 heteroatoms. The molecule has 0 bridgehead atoms. The minimum atomic E-state index is -0.278. The lowest BCUT2D eigenvalue weighted by Gasteiger charge is -2.10. The second kappa shape index (κ2) is 9.24. The van der Waals surface area contributed by atoms with E-state index in [4.69, 9.17) is 4.98 Å². The number of carbonyl (C=O) groups excluding carboxylic acids is 1. The van der Waals surface area contributed by atoms with Gasteiger partial charge in [0.15, 0.2) is 5.65 Å². The number of fused-ring (bicyclic) bond motifs is 2. The van der Waals surface area contributed by atoms with Crippen molar-refractivity contribution in [1.82, 2.24) is 24.8 Å². The summed E-state index contributed by atoms with van der Waals surface area (Å²) in [7, 11) is 0. The van der Waals surface area contributed by atoms with Gasteiger partial charge in [0.2, 0.25) is 4.80 Å². The van der Waals surface area contributed by atoms with Gasteiger partial charge in [-0.3, -0.25) is 9.36 Å². The van der Waals surface area contributed by atoms with Crippen molar-refractivity contribution in [3.63, 3.8) is 0 Å². The molecule has 176 valence electrons. The molecule has 6 rings (SSSR count). The lowest BCUT2D eigenvalue weighted by Crippen LogP contribution is -2.27. The molecule has 3 aromatic heterocycles. The van der Waals surface area contributed by atoms with Gasteiger partial charge >= 0.3 is 0 Å². The average Bonchev–Trinajstić information content (AvgIpc) is 3.51. The van der Waals surface area contributed by atoms with Gasteiger partial charge in [0.1, 0.15) is 6.54 Å². The van der Waals surface area contributed by atoms with Crippen LogP contribution < -0.4 is 10.2 Å². The third-order valence-corrected chi connectivity index (χ3v) is 6.78. The van der Waals surface area contributed by atoms with Crippen molar-refractivity contribution in [2.75, 3.05) is 0 Å². The molecule has 0 fully saturated rings. The summed E-state index contributed by atoms with van der Waals surface area (Å²) in [5.74, 6) is -0.278.